The quantitative estimate of drug-likeness (QED) is 0.297. The monoisotopic (exact) mass is 521 g/mol. The summed E-state index contributed by atoms with van der Waals surface area (Å²) in [5.74, 6) is 0.440. The summed E-state index contributed by atoms with van der Waals surface area (Å²) in [5, 5.41) is 0. The maximum absolute atomic E-state index is 13.2. The van der Waals surface area contributed by atoms with E-state index in [1.165, 1.54) is 38.4 Å². The number of carbonyl (C=O) groups is 2. The van der Waals surface area contributed by atoms with Crippen molar-refractivity contribution in [3.63, 3.8) is 0 Å². The van der Waals surface area contributed by atoms with Crippen molar-refractivity contribution in [3.05, 3.63) is 89.0 Å². The van der Waals surface area contributed by atoms with E-state index in [1.807, 2.05) is 68.4 Å². The Balaban J connectivity index is 1.86. The zero-order chi connectivity index (χ0) is 27.7. The lowest BCUT2D eigenvalue weighted by molar-refractivity contribution is -0.000598. The largest absolute Gasteiger partial charge is 0.493 e. The molecular weight excluding hydrogens is 486 g/mol. The van der Waals surface area contributed by atoms with E-state index >= 15 is 0 Å². The minimum Gasteiger partial charge on any atom is -0.493 e. The molecule has 0 N–H and O–H groups in total. The van der Waals surface area contributed by atoms with Gasteiger partial charge in [0.25, 0.3) is 0 Å². The number of aryl methyl sites for hydroxylation is 1. The average molecular weight is 522 g/mol. The van der Waals surface area contributed by atoms with E-state index in [0.717, 1.165) is 16.7 Å². The average Bonchev–Trinajstić information content (AvgIpc) is 2.96. The summed E-state index contributed by atoms with van der Waals surface area (Å²) in [6.45, 7) is 3.96. The minimum atomic E-state index is -0.970. The Morgan fingerprint density at radius 2 is 1.45 bits per heavy atom. The molecule has 8 heteroatoms. The van der Waals surface area contributed by atoms with Crippen molar-refractivity contribution in [1.29, 1.82) is 0 Å². The maximum Gasteiger partial charge on any atom is 0.410 e. The van der Waals surface area contributed by atoms with Crippen LogP contribution in [0.3, 0.4) is 0 Å². The van der Waals surface area contributed by atoms with E-state index in [0.29, 0.717) is 23.7 Å². The number of hydrogen-bond acceptors (Lipinski definition) is 7. The first-order chi connectivity index (χ1) is 18.3. The zero-order valence-electron chi connectivity index (χ0n) is 22.8. The SMILES string of the molecule is CC[C@@](COC(=O)c1cc(OC)c(OC)c(OC)c1)(c1ccccc1)N(C)C(=O)OCc1ccc(C)cc1. The van der Waals surface area contributed by atoms with Crippen LogP contribution in [-0.2, 0) is 21.6 Å². The predicted molar refractivity (Wildman–Crippen MR) is 144 cm³/mol. The molecule has 0 fully saturated rings. The van der Waals surface area contributed by atoms with Crippen LogP contribution in [-0.4, -0.2) is 51.9 Å². The van der Waals surface area contributed by atoms with Gasteiger partial charge in [-0.05, 0) is 36.6 Å². The highest BCUT2D eigenvalue weighted by Gasteiger charge is 2.40. The predicted octanol–water partition coefficient (Wildman–Crippen LogP) is 5.75. The molecular formula is C30H35NO7. The molecule has 1 amide bonds. The zero-order valence-corrected chi connectivity index (χ0v) is 22.8. The molecule has 0 heterocycles. The molecule has 0 aliphatic rings. The second-order valence-electron chi connectivity index (χ2n) is 8.84. The summed E-state index contributed by atoms with van der Waals surface area (Å²) < 4.78 is 27.5. The van der Waals surface area contributed by atoms with Gasteiger partial charge in [0.1, 0.15) is 18.8 Å². The van der Waals surface area contributed by atoms with Crippen LogP contribution < -0.4 is 14.2 Å². The third-order valence-corrected chi connectivity index (χ3v) is 6.64. The fraction of sp³-hybridized carbons (Fsp3) is 0.333. The van der Waals surface area contributed by atoms with Gasteiger partial charge in [0.2, 0.25) is 5.75 Å². The Morgan fingerprint density at radius 3 is 1.97 bits per heavy atom. The molecule has 3 rings (SSSR count). The van der Waals surface area contributed by atoms with Gasteiger partial charge >= 0.3 is 12.1 Å². The number of ether oxygens (including phenoxy) is 5. The normalized spacial score (nSPS) is 12.2. The number of amides is 1. The number of benzene rings is 3. The summed E-state index contributed by atoms with van der Waals surface area (Å²) in [5.41, 5.74) is 2.08. The molecule has 38 heavy (non-hydrogen) atoms. The van der Waals surface area contributed by atoms with Gasteiger partial charge in [-0.15, -0.1) is 0 Å². The Hall–Kier alpha value is -4.20. The number of esters is 1. The number of hydrogen-bond donors (Lipinski definition) is 0. The fourth-order valence-electron chi connectivity index (χ4n) is 4.23. The molecule has 0 radical (unpaired) electrons. The smallest absolute Gasteiger partial charge is 0.410 e. The lowest BCUT2D eigenvalue weighted by Crippen LogP contribution is -2.50. The molecule has 0 aliphatic heterocycles. The van der Waals surface area contributed by atoms with Gasteiger partial charge in [0, 0.05) is 7.05 Å². The molecule has 0 aromatic heterocycles. The van der Waals surface area contributed by atoms with Crippen molar-refractivity contribution in [2.75, 3.05) is 35.0 Å². The summed E-state index contributed by atoms with van der Waals surface area (Å²) in [4.78, 5) is 27.9. The second-order valence-corrected chi connectivity index (χ2v) is 8.84. The Kier molecular flexibility index (Phi) is 9.60. The number of methoxy groups -OCH3 is 3. The Morgan fingerprint density at radius 1 is 0.842 bits per heavy atom. The number of likely N-dealkylation sites (N-methyl/N-ethyl adjacent to an activating group) is 1. The van der Waals surface area contributed by atoms with Gasteiger partial charge in [-0.3, -0.25) is 4.90 Å². The summed E-state index contributed by atoms with van der Waals surface area (Å²) >= 11 is 0. The van der Waals surface area contributed by atoms with Crippen molar-refractivity contribution >= 4 is 12.1 Å². The molecule has 3 aromatic carbocycles. The number of carbonyl (C=O) groups excluding carboxylic acids is 2. The third-order valence-electron chi connectivity index (χ3n) is 6.64. The molecule has 0 aliphatic carbocycles. The Bertz CT molecular complexity index is 1200. The molecule has 8 nitrogen and oxygen atoms in total. The summed E-state index contributed by atoms with van der Waals surface area (Å²) in [6, 6.07) is 20.3. The lowest BCUT2D eigenvalue weighted by atomic mass is 9.86. The van der Waals surface area contributed by atoms with Crippen molar-refractivity contribution in [2.24, 2.45) is 0 Å². The number of rotatable bonds is 11. The van der Waals surface area contributed by atoms with E-state index in [1.54, 1.807) is 7.05 Å². The van der Waals surface area contributed by atoms with Gasteiger partial charge in [0.05, 0.1) is 26.9 Å². The topological polar surface area (TPSA) is 83.5 Å². The Labute approximate surface area is 224 Å². The van der Waals surface area contributed by atoms with Crippen molar-refractivity contribution < 1.29 is 33.3 Å². The molecule has 0 bridgehead atoms. The summed E-state index contributed by atoms with van der Waals surface area (Å²) in [6.07, 6.45) is -0.0597. The van der Waals surface area contributed by atoms with Crippen LogP contribution in [0.2, 0.25) is 0 Å². The van der Waals surface area contributed by atoms with Crippen LogP contribution in [0.5, 0.6) is 17.2 Å². The molecule has 0 spiro atoms. The van der Waals surface area contributed by atoms with Crippen molar-refractivity contribution in [1.82, 2.24) is 4.90 Å². The molecule has 0 unspecified atom stereocenters. The first kappa shape index (κ1) is 28.4. The van der Waals surface area contributed by atoms with Crippen LogP contribution in [0, 0.1) is 6.92 Å². The lowest BCUT2D eigenvalue weighted by Gasteiger charge is -2.40. The molecule has 3 aromatic rings. The van der Waals surface area contributed by atoms with E-state index in [2.05, 4.69) is 0 Å². The molecule has 202 valence electrons. The van der Waals surface area contributed by atoms with Crippen molar-refractivity contribution in [3.8, 4) is 17.2 Å². The van der Waals surface area contributed by atoms with Gasteiger partial charge in [-0.25, -0.2) is 9.59 Å². The van der Waals surface area contributed by atoms with Gasteiger partial charge in [-0.1, -0.05) is 67.1 Å². The first-order valence-electron chi connectivity index (χ1n) is 12.3. The highest BCUT2D eigenvalue weighted by molar-refractivity contribution is 5.91. The van der Waals surface area contributed by atoms with E-state index in [9.17, 15) is 9.59 Å². The van der Waals surface area contributed by atoms with Crippen LogP contribution in [0.4, 0.5) is 4.79 Å². The van der Waals surface area contributed by atoms with Crippen LogP contribution in [0.25, 0.3) is 0 Å². The third kappa shape index (κ3) is 6.19. The first-order valence-corrected chi connectivity index (χ1v) is 12.3. The standard InChI is InChI=1S/C30H35NO7/c1-7-30(24-11-9-8-10-12-24,31(3)29(33)37-19-22-15-13-21(2)14-16-22)20-38-28(32)23-17-25(34-4)27(36-6)26(18-23)35-5/h8-18H,7,19-20H2,1-6H3/t30-/m1/s1. The van der Waals surface area contributed by atoms with Gasteiger partial charge < -0.3 is 23.7 Å². The molecule has 0 saturated carbocycles. The van der Waals surface area contributed by atoms with E-state index < -0.39 is 17.6 Å². The van der Waals surface area contributed by atoms with Crippen molar-refractivity contribution in [2.45, 2.75) is 32.4 Å². The minimum absolute atomic E-state index is 0.0981. The number of nitrogens with zero attached hydrogens (tertiary/aromatic N) is 1. The molecule has 1 atom stereocenters. The maximum atomic E-state index is 13.2. The molecule has 0 saturated heterocycles. The van der Waals surface area contributed by atoms with Crippen LogP contribution in [0.15, 0.2) is 66.7 Å². The second kappa shape index (κ2) is 12.9. The van der Waals surface area contributed by atoms with Gasteiger partial charge in [-0.2, -0.15) is 0 Å². The van der Waals surface area contributed by atoms with Crippen LogP contribution >= 0.6 is 0 Å². The van der Waals surface area contributed by atoms with E-state index in [4.69, 9.17) is 23.7 Å². The fourth-order valence-corrected chi connectivity index (χ4v) is 4.23. The van der Waals surface area contributed by atoms with E-state index in [-0.39, 0.29) is 18.8 Å². The summed E-state index contributed by atoms with van der Waals surface area (Å²) in [7, 11) is 6.09. The van der Waals surface area contributed by atoms with Crippen LogP contribution in [0.1, 0.15) is 40.4 Å². The highest BCUT2D eigenvalue weighted by atomic mass is 16.6. The highest BCUT2D eigenvalue weighted by Crippen LogP contribution is 2.39. The van der Waals surface area contributed by atoms with Gasteiger partial charge in [0.15, 0.2) is 11.5 Å².